The third-order valence-electron chi connectivity index (χ3n) is 4.14. The lowest BCUT2D eigenvalue weighted by Crippen LogP contribution is -2.64. The zero-order valence-corrected chi connectivity index (χ0v) is 11.8. The molecule has 108 valence electrons. The number of nitrogens with zero attached hydrogens (tertiary/aromatic N) is 2. The molecule has 0 aromatic heterocycles. The molecule has 2 aliphatic heterocycles. The summed E-state index contributed by atoms with van der Waals surface area (Å²) in [5.41, 5.74) is 5.11. The van der Waals surface area contributed by atoms with E-state index in [-0.39, 0.29) is 17.9 Å². The lowest BCUT2D eigenvalue weighted by Gasteiger charge is -2.42. The van der Waals surface area contributed by atoms with Gasteiger partial charge in [-0.3, -0.25) is 14.5 Å². The maximum atomic E-state index is 12.4. The van der Waals surface area contributed by atoms with Gasteiger partial charge in [-0.25, -0.2) is 0 Å². The van der Waals surface area contributed by atoms with E-state index < -0.39 is 5.54 Å². The second kappa shape index (κ2) is 5.46. The third kappa shape index (κ3) is 3.06. The Bertz CT molecular complexity index is 362. The van der Waals surface area contributed by atoms with Crippen molar-refractivity contribution in [2.45, 2.75) is 38.3 Å². The second-order valence-corrected chi connectivity index (χ2v) is 5.97. The Morgan fingerprint density at radius 1 is 1.37 bits per heavy atom. The summed E-state index contributed by atoms with van der Waals surface area (Å²) < 4.78 is 0. The summed E-state index contributed by atoms with van der Waals surface area (Å²) in [5.74, 6) is -0.0388. The fourth-order valence-corrected chi connectivity index (χ4v) is 2.72. The molecule has 2 rings (SSSR count). The Morgan fingerprint density at radius 3 is 2.63 bits per heavy atom. The minimum absolute atomic E-state index is 0.0373. The van der Waals surface area contributed by atoms with E-state index in [1.54, 1.807) is 18.7 Å². The highest BCUT2D eigenvalue weighted by atomic mass is 16.2. The first-order valence-corrected chi connectivity index (χ1v) is 6.98. The number of nitrogens with two attached hydrogens (primary N) is 1. The molecule has 2 amide bonds. The van der Waals surface area contributed by atoms with E-state index >= 15 is 0 Å². The van der Waals surface area contributed by atoms with Crippen LogP contribution < -0.4 is 11.1 Å². The van der Waals surface area contributed by atoms with Crippen LogP contribution in [0.2, 0.25) is 0 Å². The van der Waals surface area contributed by atoms with E-state index in [4.69, 9.17) is 5.73 Å². The van der Waals surface area contributed by atoms with Crippen LogP contribution in [0.3, 0.4) is 0 Å². The van der Waals surface area contributed by atoms with Crippen LogP contribution in [-0.4, -0.2) is 65.9 Å². The molecule has 0 aromatic rings. The SMILES string of the molecule is CC1(C)C(=O)NCCN1C(=O)CN1CCC(N)CC1. The molecule has 0 radical (unpaired) electrons. The molecule has 19 heavy (non-hydrogen) atoms. The molecule has 0 unspecified atom stereocenters. The highest BCUT2D eigenvalue weighted by molar-refractivity contribution is 5.92. The van der Waals surface area contributed by atoms with Gasteiger partial charge in [0.15, 0.2) is 0 Å². The van der Waals surface area contributed by atoms with Gasteiger partial charge >= 0.3 is 0 Å². The van der Waals surface area contributed by atoms with Crippen molar-refractivity contribution in [2.24, 2.45) is 5.73 Å². The molecular weight excluding hydrogens is 244 g/mol. The Balaban J connectivity index is 1.94. The molecule has 2 saturated heterocycles. The van der Waals surface area contributed by atoms with Crippen molar-refractivity contribution in [2.75, 3.05) is 32.7 Å². The summed E-state index contributed by atoms with van der Waals surface area (Å²) in [5, 5.41) is 2.80. The van der Waals surface area contributed by atoms with Crippen molar-refractivity contribution in [1.82, 2.24) is 15.1 Å². The third-order valence-corrected chi connectivity index (χ3v) is 4.14. The molecule has 2 aliphatic rings. The summed E-state index contributed by atoms with van der Waals surface area (Å²) in [7, 11) is 0. The molecule has 0 atom stereocenters. The number of amides is 2. The highest BCUT2D eigenvalue weighted by Crippen LogP contribution is 2.18. The Labute approximate surface area is 114 Å². The highest BCUT2D eigenvalue weighted by Gasteiger charge is 2.40. The van der Waals surface area contributed by atoms with Crippen LogP contribution in [0.15, 0.2) is 0 Å². The van der Waals surface area contributed by atoms with Gasteiger partial charge in [-0.1, -0.05) is 0 Å². The molecule has 6 heteroatoms. The van der Waals surface area contributed by atoms with E-state index in [0.29, 0.717) is 19.6 Å². The lowest BCUT2D eigenvalue weighted by atomic mass is 9.98. The fourth-order valence-electron chi connectivity index (χ4n) is 2.72. The smallest absolute Gasteiger partial charge is 0.245 e. The van der Waals surface area contributed by atoms with Gasteiger partial charge in [-0.2, -0.15) is 0 Å². The molecule has 3 N–H and O–H groups in total. The fraction of sp³-hybridized carbons (Fsp3) is 0.846. The summed E-state index contributed by atoms with van der Waals surface area (Å²) in [4.78, 5) is 28.0. The average molecular weight is 268 g/mol. The van der Waals surface area contributed by atoms with Crippen LogP contribution in [0, 0.1) is 0 Å². The van der Waals surface area contributed by atoms with Crippen molar-refractivity contribution < 1.29 is 9.59 Å². The largest absolute Gasteiger partial charge is 0.352 e. The van der Waals surface area contributed by atoms with Crippen molar-refractivity contribution in [3.8, 4) is 0 Å². The molecule has 0 aliphatic carbocycles. The van der Waals surface area contributed by atoms with Crippen LogP contribution in [0.25, 0.3) is 0 Å². The van der Waals surface area contributed by atoms with E-state index in [1.165, 1.54) is 0 Å². The van der Waals surface area contributed by atoms with E-state index in [1.807, 2.05) is 0 Å². The average Bonchev–Trinajstić information content (AvgIpc) is 2.35. The van der Waals surface area contributed by atoms with Gasteiger partial charge in [0, 0.05) is 32.2 Å². The number of carbonyl (C=O) groups is 2. The Kier molecular flexibility index (Phi) is 4.10. The molecule has 2 heterocycles. The first kappa shape index (κ1) is 14.3. The predicted octanol–water partition coefficient (Wildman–Crippen LogP) is -0.853. The number of piperidine rings is 1. The zero-order valence-electron chi connectivity index (χ0n) is 11.8. The number of nitrogens with one attached hydrogen (secondary N) is 1. The van der Waals surface area contributed by atoms with Crippen molar-refractivity contribution in [3.05, 3.63) is 0 Å². The topological polar surface area (TPSA) is 78.7 Å². The predicted molar refractivity (Wildman–Crippen MR) is 72.5 cm³/mol. The number of likely N-dealkylation sites (tertiary alicyclic amines) is 1. The minimum Gasteiger partial charge on any atom is -0.352 e. The van der Waals surface area contributed by atoms with E-state index in [9.17, 15) is 9.59 Å². The van der Waals surface area contributed by atoms with Gasteiger partial charge in [-0.15, -0.1) is 0 Å². The van der Waals surface area contributed by atoms with Gasteiger partial charge < -0.3 is 16.0 Å². The number of carbonyl (C=O) groups excluding carboxylic acids is 2. The standard InChI is InChI=1S/C13H24N4O2/c1-13(2)12(19)15-5-8-17(13)11(18)9-16-6-3-10(14)4-7-16/h10H,3-9,14H2,1-2H3,(H,15,19). The first-order chi connectivity index (χ1) is 8.91. The maximum absolute atomic E-state index is 12.4. The number of hydrogen-bond donors (Lipinski definition) is 2. The molecule has 0 bridgehead atoms. The van der Waals surface area contributed by atoms with Gasteiger partial charge in [0.2, 0.25) is 11.8 Å². The van der Waals surface area contributed by atoms with E-state index in [2.05, 4.69) is 10.2 Å². The zero-order chi connectivity index (χ0) is 14.0. The quantitative estimate of drug-likeness (QED) is 0.683. The van der Waals surface area contributed by atoms with Crippen molar-refractivity contribution >= 4 is 11.8 Å². The summed E-state index contributed by atoms with van der Waals surface area (Å²) in [6, 6.07) is 0.267. The van der Waals surface area contributed by atoms with Crippen LogP contribution in [0.1, 0.15) is 26.7 Å². The second-order valence-electron chi connectivity index (χ2n) is 5.97. The molecule has 6 nitrogen and oxygen atoms in total. The lowest BCUT2D eigenvalue weighted by molar-refractivity contribution is -0.150. The van der Waals surface area contributed by atoms with Gasteiger partial charge in [0.1, 0.15) is 5.54 Å². The Hall–Kier alpha value is -1.14. The number of hydrogen-bond acceptors (Lipinski definition) is 4. The van der Waals surface area contributed by atoms with Gasteiger partial charge in [0.25, 0.3) is 0 Å². The molecular formula is C13H24N4O2. The monoisotopic (exact) mass is 268 g/mol. The summed E-state index contributed by atoms with van der Waals surface area (Å²) >= 11 is 0. The number of rotatable bonds is 2. The Morgan fingerprint density at radius 2 is 2.00 bits per heavy atom. The molecule has 0 aromatic carbocycles. The van der Waals surface area contributed by atoms with E-state index in [0.717, 1.165) is 25.9 Å². The van der Waals surface area contributed by atoms with Gasteiger partial charge in [0.05, 0.1) is 6.54 Å². The van der Waals surface area contributed by atoms with Crippen LogP contribution in [0.4, 0.5) is 0 Å². The van der Waals surface area contributed by atoms with Crippen molar-refractivity contribution in [1.29, 1.82) is 0 Å². The van der Waals surface area contributed by atoms with Crippen molar-refractivity contribution in [3.63, 3.8) is 0 Å². The number of piperazine rings is 1. The maximum Gasteiger partial charge on any atom is 0.245 e. The molecule has 0 spiro atoms. The normalized spacial score (nSPS) is 25.2. The summed E-state index contributed by atoms with van der Waals surface area (Å²) in [6.45, 7) is 6.85. The van der Waals surface area contributed by atoms with Gasteiger partial charge in [-0.05, 0) is 26.7 Å². The minimum atomic E-state index is -0.748. The first-order valence-electron chi connectivity index (χ1n) is 6.98. The summed E-state index contributed by atoms with van der Waals surface area (Å²) in [6.07, 6.45) is 1.88. The molecule has 2 fully saturated rings. The van der Waals surface area contributed by atoms with Crippen LogP contribution in [0.5, 0.6) is 0 Å². The van der Waals surface area contributed by atoms with Crippen LogP contribution >= 0.6 is 0 Å². The molecule has 0 saturated carbocycles. The van der Waals surface area contributed by atoms with Crippen LogP contribution in [-0.2, 0) is 9.59 Å².